The summed E-state index contributed by atoms with van der Waals surface area (Å²) in [7, 11) is 1.79. The first-order valence-corrected chi connectivity index (χ1v) is 7.10. The first kappa shape index (κ1) is 14.8. The number of likely N-dealkylation sites (N-methyl/N-ethyl adjacent to an activating group) is 1. The van der Waals surface area contributed by atoms with Crippen molar-refractivity contribution < 1.29 is 9.53 Å². The molecule has 1 heterocycles. The maximum absolute atomic E-state index is 11.9. The minimum Gasteiger partial charge on any atom is -0.445 e. The molecule has 5 heteroatoms. The van der Waals surface area contributed by atoms with Crippen LogP contribution in [0.1, 0.15) is 5.56 Å². The Labute approximate surface area is 120 Å². The molecule has 1 aromatic rings. The van der Waals surface area contributed by atoms with Gasteiger partial charge in [-0.05, 0) is 5.56 Å². The van der Waals surface area contributed by atoms with Gasteiger partial charge in [-0.2, -0.15) is 0 Å². The fourth-order valence-electron chi connectivity index (χ4n) is 2.15. The van der Waals surface area contributed by atoms with Crippen LogP contribution in [-0.4, -0.2) is 62.2 Å². The van der Waals surface area contributed by atoms with Crippen LogP contribution in [0.2, 0.25) is 0 Å². The summed E-state index contributed by atoms with van der Waals surface area (Å²) in [6.45, 7) is 6.09. The van der Waals surface area contributed by atoms with Gasteiger partial charge in [0.2, 0.25) is 0 Å². The van der Waals surface area contributed by atoms with Crippen LogP contribution in [0.15, 0.2) is 30.3 Å². The van der Waals surface area contributed by atoms with Gasteiger partial charge in [-0.25, -0.2) is 4.79 Å². The number of hydrogen-bond acceptors (Lipinski definition) is 4. The van der Waals surface area contributed by atoms with Crippen molar-refractivity contribution in [2.45, 2.75) is 6.61 Å². The number of ether oxygens (including phenoxy) is 1. The predicted molar refractivity (Wildman–Crippen MR) is 78.6 cm³/mol. The van der Waals surface area contributed by atoms with Crippen LogP contribution >= 0.6 is 0 Å². The van der Waals surface area contributed by atoms with Gasteiger partial charge in [0.25, 0.3) is 0 Å². The zero-order valence-corrected chi connectivity index (χ0v) is 12.0. The van der Waals surface area contributed by atoms with Crippen molar-refractivity contribution in [2.24, 2.45) is 0 Å². The van der Waals surface area contributed by atoms with Crippen LogP contribution in [0.3, 0.4) is 0 Å². The molecule has 0 aliphatic carbocycles. The van der Waals surface area contributed by atoms with Gasteiger partial charge in [0.05, 0.1) is 0 Å². The minimum absolute atomic E-state index is 0.260. The lowest BCUT2D eigenvalue weighted by atomic mass is 10.2. The van der Waals surface area contributed by atoms with Gasteiger partial charge in [-0.1, -0.05) is 30.3 Å². The maximum Gasteiger partial charge on any atom is 0.409 e. The molecule has 5 nitrogen and oxygen atoms in total. The molecule has 1 amide bonds. The zero-order chi connectivity index (χ0) is 14.2. The summed E-state index contributed by atoms with van der Waals surface area (Å²) in [6.07, 6.45) is -0.260. The second kappa shape index (κ2) is 7.87. The number of carbonyl (C=O) groups excluding carboxylic acids is 1. The van der Waals surface area contributed by atoms with Gasteiger partial charge in [-0.15, -0.1) is 0 Å². The van der Waals surface area contributed by atoms with E-state index >= 15 is 0 Å². The number of nitrogens with one attached hydrogen (secondary N) is 1. The van der Waals surface area contributed by atoms with Crippen LogP contribution in [0, 0.1) is 0 Å². The third-order valence-corrected chi connectivity index (χ3v) is 3.48. The summed E-state index contributed by atoms with van der Waals surface area (Å²) >= 11 is 0. The standard InChI is InChI=1S/C15H23N3O2/c1-17(11-12-18-9-7-16-8-10-18)15(19)20-13-14-5-3-2-4-6-14/h2-6,16H,7-13H2,1H3. The molecule has 0 saturated carbocycles. The Morgan fingerprint density at radius 3 is 2.70 bits per heavy atom. The van der Waals surface area contributed by atoms with E-state index in [1.54, 1.807) is 11.9 Å². The topological polar surface area (TPSA) is 44.8 Å². The van der Waals surface area contributed by atoms with Crippen LogP contribution in [0.5, 0.6) is 0 Å². The first-order chi connectivity index (χ1) is 9.75. The fraction of sp³-hybridized carbons (Fsp3) is 0.533. The Balaban J connectivity index is 1.66. The quantitative estimate of drug-likeness (QED) is 0.877. The number of hydrogen-bond donors (Lipinski definition) is 1. The van der Waals surface area contributed by atoms with Crippen molar-refractivity contribution in [3.63, 3.8) is 0 Å². The van der Waals surface area contributed by atoms with Crippen LogP contribution in [-0.2, 0) is 11.3 Å². The second-order valence-electron chi connectivity index (χ2n) is 5.05. The Bertz CT molecular complexity index is 405. The molecule has 0 radical (unpaired) electrons. The van der Waals surface area contributed by atoms with Crippen LogP contribution < -0.4 is 5.32 Å². The van der Waals surface area contributed by atoms with Gasteiger partial charge >= 0.3 is 6.09 Å². The SMILES string of the molecule is CN(CCN1CCNCC1)C(=O)OCc1ccccc1. The highest BCUT2D eigenvalue weighted by atomic mass is 16.6. The molecule has 2 rings (SSSR count). The third kappa shape index (κ3) is 4.83. The van der Waals surface area contributed by atoms with Crippen LogP contribution in [0.25, 0.3) is 0 Å². The highest BCUT2D eigenvalue weighted by molar-refractivity contribution is 5.67. The summed E-state index contributed by atoms with van der Waals surface area (Å²) in [4.78, 5) is 15.9. The number of rotatable bonds is 5. The van der Waals surface area contributed by atoms with E-state index in [0.29, 0.717) is 13.2 Å². The Morgan fingerprint density at radius 2 is 2.00 bits per heavy atom. The molecule has 0 bridgehead atoms. The Hall–Kier alpha value is -1.59. The number of piperazine rings is 1. The summed E-state index contributed by atoms with van der Waals surface area (Å²) in [5.41, 5.74) is 1.01. The molecule has 1 N–H and O–H groups in total. The molecule has 1 aromatic carbocycles. The molecule has 1 saturated heterocycles. The van der Waals surface area contributed by atoms with E-state index in [2.05, 4.69) is 10.2 Å². The molecule has 0 atom stereocenters. The third-order valence-electron chi connectivity index (χ3n) is 3.48. The van der Waals surface area contributed by atoms with E-state index in [4.69, 9.17) is 4.74 Å². The number of amides is 1. The zero-order valence-electron chi connectivity index (χ0n) is 12.0. The maximum atomic E-state index is 11.9. The average Bonchev–Trinajstić information content (AvgIpc) is 2.52. The molecule has 0 aromatic heterocycles. The lowest BCUT2D eigenvalue weighted by Gasteiger charge is -2.28. The van der Waals surface area contributed by atoms with Gasteiger partial charge in [0, 0.05) is 46.3 Å². The van der Waals surface area contributed by atoms with E-state index in [1.165, 1.54) is 0 Å². The number of nitrogens with zero attached hydrogens (tertiary/aromatic N) is 2. The van der Waals surface area contributed by atoms with Gasteiger partial charge in [-0.3, -0.25) is 4.90 Å². The molecule has 1 fully saturated rings. The first-order valence-electron chi connectivity index (χ1n) is 7.10. The van der Waals surface area contributed by atoms with Crippen molar-refractivity contribution in [1.82, 2.24) is 15.1 Å². The normalized spacial score (nSPS) is 15.8. The molecule has 1 aliphatic heterocycles. The monoisotopic (exact) mass is 277 g/mol. The summed E-state index contributed by atoms with van der Waals surface area (Å²) in [5.74, 6) is 0. The molecular formula is C15H23N3O2. The lowest BCUT2D eigenvalue weighted by molar-refractivity contribution is 0.0993. The predicted octanol–water partition coefficient (Wildman–Crippen LogP) is 1.16. The molecule has 110 valence electrons. The Kier molecular flexibility index (Phi) is 5.83. The van der Waals surface area contributed by atoms with E-state index in [9.17, 15) is 4.79 Å². The molecule has 20 heavy (non-hydrogen) atoms. The van der Waals surface area contributed by atoms with Crippen molar-refractivity contribution in [3.8, 4) is 0 Å². The van der Waals surface area contributed by atoms with Crippen molar-refractivity contribution in [3.05, 3.63) is 35.9 Å². The summed E-state index contributed by atoms with van der Waals surface area (Å²) in [6, 6.07) is 9.74. The molecule has 1 aliphatic rings. The summed E-state index contributed by atoms with van der Waals surface area (Å²) in [5, 5.41) is 3.32. The molecular weight excluding hydrogens is 254 g/mol. The highest BCUT2D eigenvalue weighted by Gasteiger charge is 2.13. The lowest BCUT2D eigenvalue weighted by Crippen LogP contribution is -2.46. The number of carbonyl (C=O) groups is 1. The van der Waals surface area contributed by atoms with Gasteiger partial charge < -0.3 is 15.0 Å². The smallest absolute Gasteiger partial charge is 0.409 e. The molecule has 0 spiro atoms. The van der Waals surface area contributed by atoms with E-state index in [-0.39, 0.29) is 6.09 Å². The average molecular weight is 277 g/mol. The van der Waals surface area contributed by atoms with Crippen molar-refractivity contribution >= 4 is 6.09 Å². The summed E-state index contributed by atoms with van der Waals surface area (Å²) < 4.78 is 5.29. The second-order valence-corrected chi connectivity index (χ2v) is 5.05. The van der Waals surface area contributed by atoms with E-state index < -0.39 is 0 Å². The van der Waals surface area contributed by atoms with E-state index in [1.807, 2.05) is 30.3 Å². The van der Waals surface area contributed by atoms with E-state index in [0.717, 1.165) is 38.3 Å². The van der Waals surface area contributed by atoms with Gasteiger partial charge in [0.15, 0.2) is 0 Å². The Morgan fingerprint density at radius 1 is 1.30 bits per heavy atom. The highest BCUT2D eigenvalue weighted by Crippen LogP contribution is 2.02. The largest absolute Gasteiger partial charge is 0.445 e. The fourth-order valence-corrected chi connectivity index (χ4v) is 2.15. The van der Waals surface area contributed by atoms with Crippen molar-refractivity contribution in [1.29, 1.82) is 0 Å². The van der Waals surface area contributed by atoms with Crippen LogP contribution in [0.4, 0.5) is 4.79 Å². The van der Waals surface area contributed by atoms with Crippen molar-refractivity contribution in [2.75, 3.05) is 46.3 Å². The minimum atomic E-state index is -0.260. The van der Waals surface area contributed by atoms with Gasteiger partial charge in [0.1, 0.15) is 6.61 Å². The molecule has 0 unspecified atom stereocenters. The number of benzene rings is 1.